The van der Waals surface area contributed by atoms with Crippen LogP contribution in [-0.2, 0) is 10.0 Å². The smallest absolute Gasteiger partial charge is 0.261 e. The van der Waals surface area contributed by atoms with Crippen molar-refractivity contribution >= 4 is 61.9 Å². The summed E-state index contributed by atoms with van der Waals surface area (Å²) in [5, 5.41) is 0. The van der Waals surface area contributed by atoms with Crippen LogP contribution in [0.1, 0.15) is 23.4 Å². The van der Waals surface area contributed by atoms with Crippen molar-refractivity contribution in [3.63, 3.8) is 0 Å². The first-order valence-corrected chi connectivity index (χ1v) is 13.5. The summed E-state index contributed by atoms with van der Waals surface area (Å²) in [6.07, 6.45) is -7.48. The second-order valence-corrected chi connectivity index (χ2v) is 13.0. The van der Waals surface area contributed by atoms with Crippen LogP contribution in [0.3, 0.4) is 0 Å². The highest BCUT2D eigenvalue weighted by Crippen LogP contribution is 2.42. The number of anilines is 1. The van der Waals surface area contributed by atoms with E-state index < -0.39 is 40.7 Å². The molecule has 0 radical (unpaired) electrons. The molecule has 1 aromatic rings. The van der Waals surface area contributed by atoms with Crippen molar-refractivity contribution in [3.05, 3.63) is 37.5 Å². The molecule has 1 N–H and O–H groups in total. The molecule has 3 rings (SSSR count). The molecule has 1 aromatic heterocycles. The van der Waals surface area contributed by atoms with Gasteiger partial charge in [0.15, 0.2) is 5.82 Å². The predicted octanol–water partition coefficient (Wildman–Crippen LogP) is 5.93. The molecule has 6 nitrogen and oxygen atoms in total. The molecule has 0 aliphatic carbocycles. The van der Waals surface area contributed by atoms with Crippen LogP contribution in [0, 0.1) is 13.8 Å². The normalized spacial score (nSPS) is 13.1. The highest BCUT2D eigenvalue weighted by atomic mass is 35.5. The van der Waals surface area contributed by atoms with Crippen LogP contribution >= 0.6 is 46.0 Å². The van der Waals surface area contributed by atoms with Crippen molar-refractivity contribution in [1.29, 1.82) is 0 Å². The molecule has 16 heteroatoms. The Morgan fingerprint density at radius 2 is 1.85 bits per heavy atom. The summed E-state index contributed by atoms with van der Waals surface area (Å²) in [7, 11) is -4.13. The van der Waals surface area contributed by atoms with E-state index >= 15 is 0 Å². The van der Waals surface area contributed by atoms with Gasteiger partial charge in [0, 0.05) is 17.0 Å². The second kappa shape index (κ2) is 9.32. The van der Waals surface area contributed by atoms with E-state index in [2.05, 4.69) is 9.71 Å². The van der Waals surface area contributed by atoms with Gasteiger partial charge in [-0.15, -0.1) is 34.4 Å². The molecular formula is C17H15ClF5N3O3S4. The Hall–Kier alpha value is -1.42. The monoisotopic (exact) mass is 567 g/mol. The average molecular weight is 568 g/mol. The van der Waals surface area contributed by atoms with Crippen LogP contribution in [0.15, 0.2) is 25.3 Å². The number of rotatable bonds is 8. The minimum absolute atomic E-state index is 0.104. The fourth-order valence-electron chi connectivity index (χ4n) is 2.71. The molecule has 2 aliphatic rings. The number of halogens is 6. The first-order chi connectivity index (χ1) is 15.1. The van der Waals surface area contributed by atoms with Gasteiger partial charge in [0.25, 0.3) is 10.0 Å². The van der Waals surface area contributed by atoms with Crippen molar-refractivity contribution in [2.45, 2.75) is 47.2 Å². The molecule has 0 unspecified atom stereocenters. The molecule has 3 heterocycles. The number of hydrogen-bond acceptors (Lipinski definition) is 7. The summed E-state index contributed by atoms with van der Waals surface area (Å²) in [6.45, 7) is 3.32. The standard InChI is InChI=1S/C17H15ClF5N3O3S4/c1-8-9(2)31-14(30-7-3-6-16(19,20)17(21,22)23)12-13(24-15(27)26(8)12)25-33(28,29)11-5-4-10(18)32-11/h4-5H,3,6-7H2,1-2H3,(H,24,25,27). The first kappa shape index (κ1) is 26.2. The lowest BCUT2D eigenvalue weighted by molar-refractivity contribution is -0.284. The molecule has 0 amide bonds. The maximum Gasteiger partial charge on any atom is 0.453 e. The van der Waals surface area contributed by atoms with Gasteiger partial charge in [0.1, 0.15) is 9.90 Å². The molecule has 0 aromatic carbocycles. The summed E-state index contributed by atoms with van der Waals surface area (Å²) in [5.74, 6) is -5.20. The van der Waals surface area contributed by atoms with Crippen LogP contribution in [0.5, 0.6) is 0 Å². The van der Waals surface area contributed by atoms with E-state index in [1.807, 2.05) is 0 Å². The van der Waals surface area contributed by atoms with Crippen LogP contribution < -0.4 is 10.4 Å². The molecule has 0 bridgehead atoms. The number of aryl methyl sites for hydroxylation is 1. The molecule has 0 atom stereocenters. The zero-order chi connectivity index (χ0) is 24.8. The Labute approximate surface area is 202 Å². The van der Waals surface area contributed by atoms with Crippen LogP contribution in [-0.4, -0.2) is 35.8 Å². The topological polar surface area (TPSA) is 81.1 Å². The molecule has 0 fully saturated rings. The van der Waals surface area contributed by atoms with Gasteiger partial charge in [-0.2, -0.15) is 26.9 Å². The number of thioether (sulfide) groups is 1. The van der Waals surface area contributed by atoms with Crippen molar-refractivity contribution in [2.24, 2.45) is 0 Å². The third-order valence-corrected chi connectivity index (χ3v) is 10.1. The fourth-order valence-corrected chi connectivity index (χ4v) is 7.66. The Bertz CT molecular complexity index is 1300. The summed E-state index contributed by atoms with van der Waals surface area (Å²) in [6, 6.07) is 2.67. The maximum atomic E-state index is 13.2. The molecule has 0 spiro atoms. The van der Waals surface area contributed by atoms with Gasteiger partial charge in [-0.25, -0.2) is 13.2 Å². The Morgan fingerprint density at radius 3 is 2.42 bits per heavy atom. The number of nitrogens with one attached hydrogen (secondary N) is 1. The van der Waals surface area contributed by atoms with E-state index in [4.69, 9.17) is 11.6 Å². The first-order valence-electron chi connectivity index (χ1n) is 9.02. The lowest BCUT2D eigenvalue weighted by Gasteiger charge is -2.19. The lowest BCUT2D eigenvalue weighted by Crippen LogP contribution is -2.36. The van der Waals surface area contributed by atoms with Crippen LogP contribution in [0.25, 0.3) is 5.69 Å². The number of imidazole rings is 1. The number of alkyl halides is 5. The summed E-state index contributed by atoms with van der Waals surface area (Å²) in [5.41, 5.74) is -0.164. The lowest BCUT2D eigenvalue weighted by atomic mass is 10.2. The molecular weight excluding hydrogens is 553 g/mol. The molecule has 182 valence electrons. The summed E-state index contributed by atoms with van der Waals surface area (Å²) >= 11 is 8.68. The van der Waals surface area contributed by atoms with Gasteiger partial charge >= 0.3 is 17.8 Å². The van der Waals surface area contributed by atoms with E-state index in [0.717, 1.165) is 34.4 Å². The second-order valence-electron chi connectivity index (χ2n) is 6.78. The zero-order valence-electron chi connectivity index (χ0n) is 16.8. The molecule has 2 aliphatic heterocycles. The Kier molecular flexibility index (Phi) is 7.40. The molecule has 0 saturated heterocycles. The number of thiophene rings is 1. The van der Waals surface area contributed by atoms with Crippen LogP contribution in [0.4, 0.5) is 27.8 Å². The highest BCUT2D eigenvalue weighted by Gasteiger charge is 2.56. The van der Waals surface area contributed by atoms with Gasteiger partial charge < -0.3 is 0 Å². The summed E-state index contributed by atoms with van der Waals surface area (Å²) < 4.78 is 92.7. The van der Waals surface area contributed by atoms with Crippen molar-refractivity contribution < 1.29 is 30.4 Å². The van der Waals surface area contributed by atoms with E-state index in [-0.39, 0.29) is 25.8 Å². The van der Waals surface area contributed by atoms with Crippen molar-refractivity contribution in [2.75, 3.05) is 10.5 Å². The van der Waals surface area contributed by atoms with E-state index in [1.165, 1.54) is 16.7 Å². The van der Waals surface area contributed by atoms with E-state index in [1.54, 1.807) is 13.8 Å². The molecule has 33 heavy (non-hydrogen) atoms. The number of aromatic nitrogens is 2. The highest BCUT2D eigenvalue weighted by molar-refractivity contribution is 8.01. The number of sulfonamides is 1. The maximum absolute atomic E-state index is 13.2. The SMILES string of the molecule is Cc1sc(SCCCC(F)(F)C(F)(F)F)c2c(NS(=O)(=O)c3ccc(Cl)s3)nc(=O)n-2c1C. The average Bonchev–Trinajstić information content (AvgIpc) is 3.25. The van der Waals surface area contributed by atoms with Crippen LogP contribution in [0.2, 0.25) is 4.34 Å². The third-order valence-electron chi connectivity index (χ3n) is 4.46. The quantitative estimate of drug-likeness (QED) is 0.207. The Morgan fingerprint density at radius 1 is 1.18 bits per heavy atom. The van der Waals surface area contributed by atoms with Gasteiger partial charge in [0.2, 0.25) is 0 Å². The third kappa shape index (κ3) is 5.47. The van der Waals surface area contributed by atoms with Gasteiger partial charge in [-0.3, -0.25) is 9.29 Å². The minimum Gasteiger partial charge on any atom is -0.261 e. The number of hydrogen-bond donors (Lipinski definition) is 1. The van der Waals surface area contributed by atoms with E-state index in [9.17, 15) is 35.2 Å². The number of nitrogens with zero attached hydrogens (tertiary/aromatic N) is 2. The van der Waals surface area contributed by atoms with Crippen molar-refractivity contribution in [1.82, 2.24) is 9.55 Å². The van der Waals surface area contributed by atoms with Crippen molar-refractivity contribution in [3.8, 4) is 5.69 Å². The summed E-state index contributed by atoms with van der Waals surface area (Å²) in [4.78, 5) is 16.9. The van der Waals surface area contributed by atoms with E-state index in [0.29, 0.717) is 14.8 Å². The van der Waals surface area contributed by atoms with Gasteiger partial charge in [0.05, 0.1) is 8.55 Å². The molecule has 0 saturated carbocycles. The van der Waals surface area contributed by atoms with Gasteiger partial charge in [-0.05, 0) is 38.2 Å². The Balaban J connectivity index is 1.92. The zero-order valence-corrected chi connectivity index (χ0v) is 20.8. The van der Waals surface area contributed by atoms with Gasteiger partial charge in [-0.1, -0.05) is 11.6 Å². The fraction of sp³-hybridized carbons (Fsp3) is 0.412. The predicted molar refractivity (Wildman–Crippen MR) is 119 cm³/mol. The largest absolute Gasteiger partial charge is 0.453 e. The number of fused-ring (bicyclic) bond motifs is 1. The minimum atomic E-state index is -5.63.